The average molecular weight is 262 g/mol. The zero-order valence-electron chi connectivity index (χ0n) is 10.2. The van der Waals surface area contributed by atoms with Crippen molar-refractivity contribution in [1.82, 2.24) is 14.1 Å². The molecule has 0 spiro atoms. The summed E-state index contributed by atoms with van der Waals surface area (Å²) in [5.41, 5.74) is 5.71. The molecule has 98 valence electrons. The van der Waals surface area contributed by atoms with Gasteiger partial charge in [-0.2, -0.15) is 9.40 Å². The maximum Gasteiger partial charge on any atom is 0.245 e. The van der Waals surface area contributed by atoms with E-state index in [4.69, 9.17) is 10.5 Å². The monoisotopic (exact) mass is 262 g/mol. The summed E-state index contributed by atoms with van der Waals surface area (Å²) in [5.74, 6) is 0. The highest BCUT2D eigenvalue weighted by Gasteiger charge is 2.23. The van der Waals surface area contributed by atoms with Gasteiger partial charge in [0, 0.05) is 40.0 Å². The van der Waals surface area contributed by atoms with Crippen molar-refractivity contribution in [1.29, 1.82) is 0 Å². The van der Waals surface area contributed by atoms with Crippen molar-refractivity contribution in [3.63, 3.8) is 0 Å². The minimum atomic E-state index is -3.52. The molecule has 0 radical (unpaired) electrons. The van der Waals surface area contributed by atoms with E-state index in [0.29, 0.717) is 6.61 Å². The number of nitrogens with two attached hydrogens (primary N) is 1. The first kappa shape index (κ1) is 14.1. The summed E-state index contributed by atoms with van der Waals surface area (Å²) in [5, 5.41) is 3.84. The lowest BCUT2D eigenvalue weighted by molar-refractivity contribution is 0.173. The minimum absolute atomic E-state index is 0.159. The Morgan fingerprint density at radius 3 is 2.76 bits per heavy atom. The van der Waals surface area contributed by atoms with Crippen LogP contribution >= 0.6 is 0 Å². The average Bonchev–Trinajstić information content (AvgIpc) is 2.65. The van der Waals surface area contributed by atoms with Gasteiger partial charge >= 0.3 is 0 Å². The fourth-order valence-electron chi connectivity index (χ4n) is 1.41. The van der Waals surface area contributed by atoms with Crippen LogP contribution in [0.15, 0.2) is 17.3 Å². The number of nitrogens with zero attached hydrogens (tertiary/aromatic N) is 3. The summed E-state index contributed by atoms with van der Waals surface area (Å²) < 4.78 is 31.6. The van der Waals surface area contributed by atoms with Crippen LogP contribution in [0, 0.1) is 0 Å². The van der Waals surface area contributed by atoms with Crippen LogP contribution in [0.2, 0.25) is 0 Å². The number of rotatable bonds is 6. The quantitative estimate of drug-likeness (QED) is 0.711. The molecule has 0 fully saturated rings. The molecule has 1 aromatic heterocycles. The predicted molar refractivity (Wildman–Crippen MR) is 62.9 cm³/mol. The van der Waals surface area contributed by atoms with Gasteiger partial charge in [-0.3, -0.25) is 4.68 Å². The van der Waals surface area contributed by atoms with Crippen molar-refractivity contribution < 1.29 is 13.2 Å². The first-order chi connectivity index (χ1) is 7.87. The Hall–Kier alpha value is -0.960. The van der Waals surface area contributed by atoms with Crippen LogP contribution in [0.1, 0.15) is 0 Å². The smallest absolute Gasteiger partial charge is 0.245 e. The molecule has 2 N–H and O–H groups in total. The van der Waals surface area contributed by atoms with E-state index in [2.05, 4.69) is 5.10 Å². The van der Waals surface area contributed by atoms with Crippen LogP contribution in [-0.2, 0) is 21.8 Å². The van der Waals surface area contributed by atoms with Gasteiger partial charge in [-0.25, -0.2) is 8.42 Å². The van der Waals surface area contributed by atoms with E-state index in [1.807, 2.05) is 0 Å². The summed E-state index contributed by atoms with van der Waals surface area (Å²) in [6.07, 6.45) is 2.77. The van der Waals surface area contributed by atoms with Gasteiger partial charge in [0.25, 0.3) is 0 Å². The summed E-state index contributed by atoms with van der Waals surface area (Å²) in [4.78, 5) is 0.159. The number of methoxy groups -OCH3 is 1. The Kier molecular flexibility index (Phi) is 4.63. The normalized spacial score (nSPS) is 14.2. The van der Waals surface area contributed by atoms with E-state index >= 15 is 0 Å². The third-order valence-electron chi connectivity index (χ3n) is 2.26. The van der Waals surface area contributed by atoms with E-state index in [0.717, 1.165) is 0 Å². The standard InChI is InChI=1S/C9H18N4O3S/c1-12-6-9(4-11-12)17(14,15)13(2)5-8(10)7-16-3/h4,6,8H,5,7,10H2,1-3H3. The van der Waals surface area contributed by atoms with Gasteiger partial charge in [-0.1, -0.05) is 0 Å². The highest BCUT2D eigenvalue weighted by molar-refractivity contribution is 7.89. The van der Waals surface area contributed by atoms with Crippen molar-refractivity contribution >= 4 is 10.0 Å². The molecule has 0 saturated heterocycles. The van der Waals surface area contributed by atoms with E-state index in [9.17, 15) is 8.42 Å². The highest BCUT2D eigenvalue weighted by atomic mass is 32.2. The number of hydrogen-bond donors (Lipinski definition) is 1. The van der Waals surface area contributed by atoms with Crippen LogP contribution in [0.4, 0.5) is 0 Å². The van der Waals surface area contributed by atoms with Gasteiger partial charge in [-0.15, -0.1) is 0 Å². The third kappa shape index (κ3) is 3.50. The zero-order chi connectivity index (χ0) is 13.1. The first-order valence-corrected chi connectivity index (χ1v) is 6.51. The van der Waals surface area contributed by atoms with E-state index < -0.39 is 10.0 Å². The minimum Gasteiger partial charge on any atom is -0.383 e. The molecular formula is C9H18N4O3S. The molecule has 7 nitrogen and oxygen atoms in total. The summed E-state index contributed by atoms with van der Waals surface area (Å²) in [6.45, 7) is 0.512. The largest absolute Gasteiger partial charge is 0.383 e. The van der Waals surface area contributed by atoms with Crippen LogP contribution in [0.25, 0.3) is 0 Å². The van der Waals surface area contributed by atoms with Crippen molar-refractivity contribution in [2.45, 2.75) is 10.9 Å². The van der Waals surface area contributed by atoms with Crippen molar-refractivity contribution in [2.24, 2.45) is 12.8 Å². The second kappa shape index (κ2) is 5.58. The number of likely N-dealkylation sites (N-methyl/N-ethyl adjacent to an activating group) is 1. The van der Waals surface area contributed by atoms with E-state index in [1.165, 1.54) is 35.5 Å². The molecule has 0 aliphatic carbocycles. The van der Waals surface area contributed by atoms with Gasteiger partial charge in [0.1, 0.15) is 4.90 Å². The molecule has 0 aliphatic heterocycles. The molecule has 1 heterocycles. The molecule has 8 heteroatoms. The highest BCUT2D eigenvalue weighted by Crippen LogP contribution is 2.12. The second-order valence-electron chi connectivity index (χ2n) is 3.85. The predicted octanol–water partition coefficient (Wildman–Crippen LogP) is -0.986. The maximum atomic E-state index is 12.1. The number of aryl methyl sites for hydroxylation is 1. The second-order valence-corrected chi connectivity index (χ2v) is 5.90. The van der Waals surface area contributed by atoms with E-state index in [-0.39, 0.29) is 17.5 Å². The summed E-state index contributed by atoms with van der Waals surface area (Å²) >= 11 is 0. The molecule has 0 aromatic carbocycles. The lowest BCUT2D eigenvalue weighted by Gasteiger charge is -2.19. The molecule has 17 heavy (non-hydrogen) atoms. The molecule has 1 unspecified atom stereocenters. The molecule has 1 rings (SSSR count). The molecule has 1 aromatic rings. The first-order valence-electron chi connectivity index (χ1n) is 5.07. The molecule has 0 bridgehead atoms. The Bertz CT molecular complexity index is 457. The number of aromatic nitrogens is 2. The van der Waals surface area contributed by atoms with Crippen molar-refractivity contribution in [3.05, 3.63) is 12.4 Å². The topological polar surface area (TPSA) is 90.4 Å². The number of hydrogen-bond acceptors (Lipinski definition) is 5. The lowest BCUT2D eigenvalue weighted by atomic mass is 10.3. The van der Waals surface area contributed by atoms with Crippen LogP contribution in [0.5, 0.6) is 0 Å². The summed E-state index contributed by atoms with van der Waals surface area (Å²) in [7, 11) is 1.15. The molecular weight excluding hydrogens is 244 g/mol. The number of ether oxygens (including phenoxy) is 1. The van der Waals surface area contributed by atoms with Crippen LogP contribution < -0.4 is 5.73 Å². The van der Waals surface area contributed by atoms with Crippen LogP contribution in [-0.4, -0.2) is 55.9 Å². The Morgan fingerprint density at radius 2 is 2.29 bits per heavy atom. The van der Waals surface area contributed by atoms with Crippen LogP contribution in [0.3, 0.4) is 0 Å². The van der Waals surface area contributed by atoms with Crippen molar-refractivity contribution in [3.8, 4) is 0 Å². The SMILES string of the molecule is COCC(N)CN(C)S(=O)(=O)c1cnn(C)c1. The molecule has 0 saturated carbocycles. The van der Waals surface area contributed by atoms with E-state index in [1.54, 1.807) is 7.05 Å². The number of sulfonamides is 1. The lowest BCUT2D eigenvalue weighted by Crippen LogP contribution is -2.41. The van der Waals surface area contributed by atoms with Gasteiger partial charge in [0.05, 0.1) is 12.8 Å². The Labute approximate surface area is 101 Å². The Balaban J connectivity index is 2.77. The van der Waals surface area contributed by atoms with Gasteiger partial charge < -0.3 is 10.5 Å². The fourth-order valence-corrected chi connectivity index (χ4v) is 2.62. The fraction of sp³-hybridized carbons (Fsp3) is 0.667. The van der Waals surface area contributed by atoms with Crippen molar-refractivity contribution in [2.75, 3.05) is 27.3 Å². The van der Waals surface area contributed by atoms with Gasteiger partial charge in [-0.05, 0) is 0 Å². The zero-order valence-corrected chi connectivity index (χ0v) is 11.0. The van der Waals surface area contributed by atoms with Gasteiger partial charge in [0.2, 0.25) is 10.0 Å². The Morgan fingerprint density at radius 1 is 1.65 bits per heavy atom. The third-order valence-corrected chi connectivity index (χ3v) is 4.04. The summed E-state index contributed by atoms with van der Waals surface area (Å²) in [6, 6.07) is -0.351. The molecule has 0 aliphatic rings. The molecule has 0 amide bonds. The molecule has 1 atom stereocenters. The maximum absolute atomic E-state index is 12.1. The van der Waals surface area contributed by atoms with Gasteiger partial charge in [0.15, 0.2) is 0 Å².